The lowest BCUT2D eigenvalue weighted by Crippen LogP contribution is -2.40. The van der Waals surface area contributed by atoms with Crippen LogP contribution in [0.3, 0.4) is 0 Å². The van der Waals surface area contributed by atoms with E-state index >= 15 is 0 Å². The number of alkyl carbamates (subject to hydrolysis) is 1. The minimum Gasteiger partial charge on any atom is -0.481 e. The maximum Gasteiger partial charge on any atom is 0.407 e. The second kappa shape index (κ2) is 7.69. The van der Waals surface area contributed by atoms with Crippen LogP contribution in [0.2, 0.25) is 5.02 Å². The highest BCUT2D eigenvalue weighted by atomic mass is 35.5. The Kier molecular flexibility index (Phi) is 6.24. The van der Waals surface area contributed by atoms with Crippen molar-refractivity contribution in [2.45, 2.75) is 18.8 Å². The van der Waals surface area contributed by atoms with Gasteiger partial charge in [0.15, 0.2) is 0 Å². The van der Waals surface area contributed by atoms with Gasteiger partial charge in [0.25, 0.3) is 0 Å². The third-order valence-corrected chi connectivity index (χ3v) is 3.29. The van der Waals surface area contributed by atoms with Crippen LogP contribution >= 0.6 is 11.6 Å². The molecule has 1 amide bonds. The second-order valence-corrected chi connectivity index (χ2v) is 5.32. The monoisotopic (exact) mass is 311 g/mol. The topological polar surface area (TPSA) is 75.6 Å². The summed E-state index contributed by atoms with van der Waals surface area (Å²) in [4.78, 5) is 22.6. The Labute approximate surface area is 128 Å². The first-order chi connectivity index (χ1) is 9.87. The average Bonchev–Trinajstić information content (AvgIpc) is 2.43. The Balaban J connectivity index is 2.83. The van der Waals surface area contributed by atoms with Crippen LogP contribution in [0.5, 0.6) is 0 Å². The molecule has 0 aliphatic carbocycles. The van der Waals surface area contributed by atoms with Crippen LogP contribution in [-0.2, 0) is 14.9 Å². The van der Waals surface area contributed by atoms with E-state index in [4.69, 9.17) is 21.4 Å². The lowest BCUT2D eigenvalue weighted by Gasteiger charge is -2.28. The Morgan fingerprint density at radius 2 is 2.05 bits per heavy atom. The maximum absolute atomic E-state index is 11.5. The molecule has 114 valence electrons. The van der Waals surface area contributed by atoms with Gasteiger partial charge in [-0.1, -0.05) is 43.3 Å². The predicted molar refractivity (Wildman–Crippen MR) is 80.6 cm³/mol. The van der Waals surface area contributed by atoms with E-state index in [1.165, 1.54) is 6.08 Å². The van der Waals surface area contributed by atoms with E-state index in [-0.39, 0.29) is 19.6 Å². The van der Waals surface area contributed by atoms with Gasteiger partial charge in [-0.05, 0) is 17.7 Å². The first-order valence-electron chi connectivity index (χ1n) is 6.37. The summed E-state index contributed by atoms with van der Waals surface area (Å²) in [7, 11) is 0. The molecule has 0 fully saturated rings. The van der Waals surface area contributed by atoms with Crippen molar-refractivity contribution >= 4 is 23.7 Å². The Hall–Kier alpha value is -2.01. The van der Waals surface area contributed by atoms with Gasteiger partial charge in [-0.2, -0.15) is 0 Å². The van der Waals surface area contributed by atoms with Crippen molar-refractivity contribution in [2.24, 2.45) is 0 Å². The number of halogens is 1. The van der Waals surface area contributed by atoms with Crippen molar-refractivity contribution in [3.63, 3.8) is 0 Å². The van der Waals surface area contributed by atoms with Gasteiger partial charge in [0, 0.05) is 17.0 Å². The standard InChI is InChI=1S/C15H18ClNO4/c1-3-8-21-14(20)17-10-15(2,9-13(18)19)11-4-6-12(16)7-5-11/h3-7H,1,8-10H2,2H3,(H,17,20)(H,18,19). The zero-order valence-corrected chi connectivity index (χ0v) is 12.5. The summed E-state index contributed by atoms with van der Waals surface area (Å²) in [6.45, 7) is 5.44. The van der Waals surface area contributed by atoms with Gasteiger partial charge in [-0.15, -0.1) is 0 Å². The van der Waals surface area contributed by atoms with Gasteiger partial charge < -0.3 is 15.2 Å². The molecule has 0 aromatic heterocycles. The molecule has 0 radical (unpaired) electrons. The zero-order chi connectivity index (χ0) is 15.9. The van der Waals surface area contributed by atoms with Gasteiger partial charge >= 0.3 is 12.1 Å². The van der Waals surface area contributed by atoms with Crippen LogP contribution in [0, 0.1) is 0 Å². The number of rotatable bonds is 7. The van der Waals surface area contributed by atoms with Crippen molar-refractivity contribution in [1.29, 1.82) is 0 Å². The fraction of sp³-hybridized carbons (Fsp3) is 0.333. The van der Waals surface area contributed by atoms with Gasteiger partial charge in [-0.3, -0.25) is 4.79 Å². The minimum absolute atomic E-state index is 0.0996. The second-order valence-electron chi connectivity index (χ2n) is 4.88. The zero-order valence-electron chi connectivity index (χ0n) is 11.8. The number of ether oxygens (including phenoxy) is 1. The molecule has 0 saturated carbocycles. The van der Waals surface area contributed by atoms with E-state index in [0.717, 1.165) is 5.56 Å². The smallest absolute Gasteiger partial charge is 0.407 e. The summed E-state index contributed by atoms with van der Waals surface area (Å²) in [5.74, 6) is -0.950. The first-order valence-corrected chi connectivity index (χ1v) is 6.74. The van der Waals surface area contributed by atoms with E-state index in [2.05, 4.69) is 11.9 Å². The molecule has 0 aliphatic heterocycles. The summed E-state index contributed by atoms with van der Waals surface area (Å²) in [6, 6.07) is 6.88. The number of benzene rings is 1. The molecular weight excluding hydrogens is 294 g/mol. The van der Waals surface area contributed by atoms with Crippen molar-refractivity contribution in [3.8, 4) is 0 Å². The first kappa shape index (κ1) is 17.0. The Morgan fingerprint density at radius 1 is 1.43 bits per heavy atom. The number of carboxylic acid groups (broad SMARTS) is 1. The summed E-state index contributed by atoms with van der Waals surface area (Å²) in [5.41, 5.74) is 0.0159. The van der Waals surface area contributed by atoms with Crippen LogP contribution in [0.25, 0.3) is 0 Å². The van der Waals surface area contributed by atoms with Gasteiger partial charge in [-0.25, -0.2) is 4.79 Å². The lowest BCUT2D eigenvalue weighted by atomic mass is 9.79. The summed E-state index contributed by atoms with van der Waals surface area (Å²) < 4.78 is 4.81. The van der Waals surface area contributed by atoms with E-state index in [1.807, 2.05) is 0 Å². The van der Waals surface area contributed by atoms with Crippen molar-refractivity contribution < 1.29 is 19.4 Å². The van der Waals surface area contributed by atoms with Gasteiger partial charge in [0.1, 0.15) is 6.61 Å². The molecule has 1 aromatic carbocycles. The number of aliphatic carboxylic acids is 1. The molecule has 0 bridgehead atoms. The van der Waals surface area contributed by atoms with Crippen LogP contribution in [0.15, 0.2) is 36.9 Å². The highest BCUT2D eigenvalue weighted by molar-refractivity contribution is 6.30. The average molecular weight is 312 g/mol. The number of nitrogens with one attached hydrogen (secondary N) is 1. The molecule has 1 aromatic rings. The third kappa shape index (κ3) is 5.47. The summed E-state index contributed by atoms with van der Waals surface area (Å²) in [5, 5.41) is 12.2. The van der Waals surface area contributed by atoms with Crippen molar-refractivity contribution in [1.82, 2.24) is 5.32 Å². The van der Waals surface area contributed by atoms with Crippen LogP contribution in [0.4, 0.5) is 4.79 Å². The SMILES string of the molecule is C=CCOC(=O)NCC(C)(CC(=O)O)c1ccc(Cl)cc1. The lowest BCUT2D eigenvalue weighted by molar-refractivity contribution is -0.138. The Morgan fingerprint density at radius 3 is 2.57 bits per heavy atom. The molecule has 1 atom stereocenters. The number of carboxylic acids is 1. The quantitative estimate of drug-likeness (QED) is 0.759. The molecule has 1 unspecified atom stereocenters. The van der Waals surface area contributed by atoms with Crippen molar-refractivity contribution in [2.75, 3.05) is 13.2 Å². The predicted octanol–water partition coefficient (Wildman–Crippen LogP) is 2.98. The van der Waals surface area contributed by atoms with Gasteiger partial charge in [0.05, 0.1) is 6.42 Å². The number of hydrogen-bond acceptors (Lipinski definition) is 3. The van der Waals surface area contributed by atoms with E-state index < -0.39 is 17.5 Å². The maximum atomic E-state index is 11.5. The number of amides is 1. The molecule has 1 rings (SSSR count). The van der Waals surface area contributed by atoms with Crippen LogP contribution in [0.1, 0.15) is 18.9 Å². The molecule has 0 spiro atoms. The third-order valence-electron chi connectivity index (χ3n) is 3.04. The van der Waals surface area contributed by atoms with Crippen molar-refractivity contribution in [3.05, 3.63) is 47.5 Å². The van der Waals surface area contributed by atoms with Gasteiger partial charge in [0.2, 0.25) is 0 Å². The molecule has 0 saturated heterocycles. The normalized spacial score (nSPS) is 13.0. The molecule has 0 heterocycles. The fourth-order valence-electron chi connectivity index (χ4n) is 1.91. The summed E-state index contributed by atoms with van der Waals surface area (Å²) in [6.07, 6.45) is 0.714. The number of carbonyl (C=O) groups is 2. The highest BCUT2D eigenvalue weighted by Crippen LogP contribution is 2.28. The largest absolute Gasteiger partial charge is 0.481 e. The highest BCUT2D eigenvalue weighted by Gasteiger charge is 2.30. The molecule has 0 aliphatic rings. The van der Waals surface area contributed by atoms with E-state index in [0.29, 0.717) is 5.02 Å². The molecule has 21 heavy (non-hydrogen) atoms. The molecule has 2 N–H and O–H groups in total. The number of carbonyl (C=O) groups excluding carboxylic acids is 1. The molecule has 5 nitrogen and oxygen atoms in total. The van der Waals surface area contributed by atoms with Crippen LogP contribution < -0.4 is 5.32 Å². The van der Waals surface area contributed by atoms with Crippen LogP contribution in [-0.4, -0.2) is 30.3 Å². The molecule has 6 heteroatoms. The van der Waals surface area contributed by atoms with E-state index in [1.54, 1.807) is 31.2 Å². The Bertz CT molecular complexity index is 515. The number of hydrogen-bond donors (Lipinski definition) is 2. The van der Waals surface area contributed by atoms with E-state index in [9.17, 15) is 9.59 Å². The minimum atomic E-state index is -0.950. The molecular formula is C15H18ClNO4. The fourth-order valence-corrected chi connectivity index (χ4v) is 2.03. The summed E-state index contributed by atoms with van der Waals surface area (Å²) >= 11 is 5.84.